The smallest absolute Gasteiger partial charge is 0.206 e. The molecule has 1 radical (unpaired) electrons. The predicted octanol–water partition coefficient (Wildman–Crippen LogP) is 1.61. The highest BCUT2D eigenvalue weighted by Gasteiger charge is 2.06. The van der Waals surface area contributed by atoms with Crippen LogP contribution in [0.3, 0.4) is 0 Å². The summed E-state index contributed by atoms with van der Waals surface area (Å²) in [6, 6.07) is 6.47. The monoisotopic (exact) mass is 198 g/mol. The molecule has 3 nitrogen and oxygen atoms in total. The van der Waals surface area contributed by atoms with Crippen LogP contribution in [0.2, 0.25) is 0 Å². The summed E-state index contributed by atoms with van der Waals surface area (Å²) < 4.78 is 21.5. The Labute approximate surface area is 78.6 Å². The summed E-state index contributed by atoms with van der Waals surface area (Å²) in [7, 11) is -3.78. The highest BCUT2D eigenvalue weighted by molar-refractivity contribution is 7.88. The molecule has 0 atom stereocenters. The van der Waals surface area contributed by atoms with Crippen LogP contribution in [0, 0.1) is 0 Å². The fourth-order valence-corrected chi connectivity index (χ4v) is 1.62. The van der Waals surface area contributed by atoms with E-state index in [1.807, 2.05) is 0 Å². The second-order valence-corrected chi connectivity index (χ2v) is 4.38. The molecule has 0 spiro atoms. The second kappa shape index (κ2) is 3.89. The van der Waals surface area contributed by atoms with Crippen molar-refractivity contribution in [3.63, 3.8) is 0 Å². The predicted molar refractivity (Wildman–Crippen MR) is 50.7 cm³/mol. The summed E-state index contributed by atoms with van der Waals surface area (Å²) in [4.78, 5) is 0.0624. The Balaban J connectivity index is 2.94. The summed E-state index contributed by atoms with van der Waals surface area (Å²) in [5.74, 6) is 0. The zero-order chi connectivity index (χ0) is 9.90. The Morgan fingerprint density at radius 1 is 1.23 bits per heavy atom. The van der Waals surface area contributed by atoms with Gasteiger partial charge in [0.1, 0.15) is 0 Å². The lowest BCUT2D eigenvalue weighted by molar-refractivity contribution is 0.596. The topological polar surface area (TPSA) is 57.9 Å². The molecule has 0 amide bonds. The summed E-state index contributed by atoms with van der Waals surface area (Å²) in [6.45, 7) is 2.06. The third kappa shape index (κ3) is 2.82. The molecule has 0 aliphatic rings. The van der Waals surface area contributed by atoms with Crippen LogP contribution in [0.5, 0.6) is 0 Å². The summed E-state index contributed by atoms with van der Waals surface area (Å²) >= 11 is 0. The molecular weight excluding hydrogens is 186 g/mol. The molecule has 1 N–H and O–H groups in total. The van der Waals surface area contributed by atoms with Crippen LogP contribution in [0.1, 0.15) is 18.9 Å². The second-order valence-electron chi connectivity index (χ2n) is 2.90. The van der Waals surface area contributed by atoms with Gasteiger partial charge in [0.25, 0.3) is 10.0 Å². The number of benzene rings is 1. The Kier molecular flexibility index (Phi) is 3.06. The lowest BCUT2D eigenvalue weighted by atomic mass is 10.1. The van der Waals surface area contributed by atoms with Crippen LogP contribution in [-0.4, -0.2) is 8.42 Å². The average molecular weight is 198 g/mol. The van der Waals surface area contributed by atoms with E-state index >= 15 is 0 Å². The highest BCUT2D eigenvalue weighted by atomic mass is 32.2. The van der Waals surface area contributed by atoms with E-state index in [-0.39, 0.29) is 4.90 Å². The van der Waals surface area contributed by atoms with Crippen molar-refractivity contribution in [2.75, 3.05) is 0 Å². The van der Waals surface area contributed by atoms with Crippen LogP contribution in [0.4, 0.5) is 0 Å². The van der Waals surface area contributed by atoms with E-state index in [2.05, 4.69) is 6.92 Å². The molecule has 1 aromatic rings. The van der Waals surface area contributed by atoms with Gasteiger partial charge in [0.05, 0.1) is 4.90 Å². The molecule has 0 fully saturated rings. The van der Waals surface area contributed by atoms with Gasteiger partial charge >= 0.3 is 0 Å². The summed E-state index contributed by atoms with van der Waals surface area (Å²) in [6.07, 6.45) is 1.98. The van der Waals surface area contributed by atoms with Gasteiger partial charge in [-0.1, -0.05) is 25.5 Å². The molecule has 0 saturated carbocycles. The zero-order valence-electron chi connectivity index (χ0n) is 7.45. The van der Waals surface area contributed by atoms with Gasteiger partial charge in [0.15, 0.2) is 0 Å². The van der Waals surface area contributed by atoms with E-state index in [1.165, 1.54) is 12.1 Å². The fourth-order valence-electron chi connectivity index (χ4n) is 1.12. The van der Waals surface area contributed by atoms with Crippen LogP contribution in [-0.2, 0) is 16.4 Å². The molecule has 0 aromatic heterocycles. The van der Waals surface area contributed by atoms with Crippen molar-refractivity contribution in [1.29, 1.82) is 0 Å². The first kappa shape index (κ1) is 10.2. The quantitative estimate of drug-likeness (QED) is 0.740. The summed E-state index contributed by atoms with van der Waals surface area (Å²) in [5.41, 5.74) is 1.11. The van der Waals surface area contributed by atoms with E-state index in [0.29, 0.717) is 0 Å². The van der Waals surface area contributed by atoms with Crippen molar-refractivity contribution >= 4 is 10.0 Å². The number of rotatable bonds is 3. The first-order chi connectivity index (χ1) is 6.04. The first-order valence-electron chi connectivity index (χ1n) is 4.12. The van der Waals surface area contributed by atoms with Gasteiger partial charge < -0.3 is 0 Å². The Morgan fingerprint density at radius 2 is 1.77 bits per heavy atom. The maximum atomic E-state index is 10.8. The molecule has 13 heavy (non-hydrogen) atoms. The molecule has 4 heteroatoms. The first-order valence-corrected chi connectivity index (χ1v) is 5.61. The molecule has 0 aliphatic carbocycles. The molecule has 1 aromatic carbocycles. The molecule has 71 valence electrons. The van der Waals surface area contributed by atoms with Gasteiger partial charge in [0.2, 0.25) is 0 Å². The number of hydrogen-bond donors (Lipinski definition) is 0. The van der Waals surface area contributed by atoms with E-state index < -0.39 is 10.0 Å². The van der Waals surface area contributed by atoms with Crippen molar-refractivity contribution in [3.8, 4) is 0 Å². The van der Waals surface area contributed by atoms with Crippen LogP contribution in [0.25, 0.3) is 0 Å². The van der Waals surface area contributed by atoms with Gasteiger partial charge in [0, 0.05) is 0 Å². The lowest BCUT2D eigenvalue weighted by Crippen LogP contribution is -2.00. The fraction of sp³-hybridized carbons (Fsp3) is 0.333. The highest BCUT2D eigenvalue weighted by Crippen LogP contribution is 2.10. The van der Waals surface area contributed by atoms with Crippen LogP contribution in [0.15, 0.2) is 29.2 Å². The molecule has 1 rings (SSSR count). The minimum Gasteiger partial charge on any atom is -0.206 e. The molecule has 0 aliphatic heterocycles. The van der Waals surface area contributed by atoms with Crippen molar-refractivity contribution < 1.29 is 8.42 Å². The zero-order valence-corrected chi connectivity index (χ0v) is 8.26. The summed E-state index contributed by atoms with van der Waals surface area (Å²) in [5, 5.41) is 6.82. The normalized spacial score (nSPS) is 11.5. The van der Waals surface area contributed by atoms with E-state index in [1.54, 1.807) is 12.1 Å². The van der Waals surface area contributed by atoms with Crippen molar-refractivity contribution in [2.24, 2.45) is 0 Å². The third-order valence-corrected chi connectivity index (χ3v) is 2.67. The average Bonchev–Trinajstić information content (AvgIpc) is 2.04. The Bertz CT molecular complexity index is 367. The van der Waals surface area contributed by atoms with Gasteiger partial charge in [-0.25, -0.2) is 8.42 Å². The number of aryl methyl sites for hydroxylation is 1. The molecule has 0 saturated heterocycles. The van der Waals surface area contributed by atoms with Crippen molar-refractivity contribution in [3.05, 3.63) is 29.8 Å². The van der Waals surface area contributed by atoms with Crippen LogP contribution >= 0.6 is 0 Å². The largest absolute Gasteiger partial charge is 0.254 e. The lowest BCUT2D eigenvalue weighted by Gasteiger charge is -1.99. The van der Waals surface area contributed by atoms with Gasteiger partial charge in [-0.05, 0) is 24.1 Å². The maximum Gasteiger partial charge on any atom is 0.254 e. The Hall–Kier alpha value is -0.870. The number of sulfonamides is 1. The van der Waals surface area contributed by atoms with E-state index in [9.17, 15) is 8.42 Å². The van der Waals surface area contributed by atoms with Gasteiger partial charge in [-0.2, -0.15) is 0 Å². The maximum absolute atomic E-state index is 10.8. The van der Waals surface area contributed by atoms with Crippen molar-refractivity contribution in [1.82, 2.24) is 5.14 Å². The third-order valence-electron chi connectivity index (χ3n) is 1.77. The Morgan fingerprint density at radius 3 is 2.15 bits per heavy atom. The standard InChI is InChI=1S/C9H12NO2S/c1-2-3-8-4-6-9(7-5-8)13(10,11)12/h4-7,10H,2-3H2,1H3. The van der Waals surface area contributed by atoms with Crippen LogP contribution < -0.4 is 5.14 Å². The number of hydrogen-bond acceptors (Lipinski definition) is 2. The van der Waals surface area contributed by atoms with Crippen molar-refractivity contribution in [2.45, 2.75) is 24.7 Å². The van der Waals surface area contributed by atoms with Gasteiger partial charge in [-0.15, -0.1) is 5.14 Å². The number of nitrogens with one attached hydrogen (secondary N) is 1. The molecule has 0 bridgehead atoms. The van der Waals surface area contributed by atoms with E-state index in [0.717, 1.165) is 18.4 Å². The van der Waals surface area contributed by atoms with E-state index in [4.69, 9.17) is 5.14 Å². The molecule has 0 unspecified atom stereocenters. The molecular formula is C9H12NO2S. The SMILES string of the molecule is CCCc1ccc(S([NH])(=O)=O)cc1. The van der Waals surface area contributed by atoms with Gasteiger partial charge in [-0.3, -0.25) is 0 Å². The molecule has 0 heterocycles. The minimum atomic E-state index is -3.78. The minimum absolute atomic E-state index is 0.0624.